The molecule has 4 rings (SSSR count). The molecule has 0 saturated heterocycles. The van der Waals surface area contributed by atoms with Crippen molar-refractivity contribution in [2.75, 3.05) is 7.05 Å². The van der Waals surface area contributed by atoms with Crippen molar-refractivity contribution in [3.63, 3.8) is 0 Å². The van der Waals surface area contributed by atoms with Crippen LogP contribution < -0.4 is 15.8 Å². The Morgan fingerprint density at radius 2 is 2.08 bits per heavy atom. The highest BCUT2D eigenvalue weighted by Gasteiger charge is 2.32. The van der Waals surface area contributed by atoms with Crippen LogP contribution in [0.2, 0.25) is 0 Å². The smallest absolute Gasteiger partial charge is 0.225 e. The number of halogens is 1. The molecule has 1 fully saturated rings. The number of nitrogens with zero attached hydrogens (tertiary/aromatic N) is 2. The quantitative estimate of drug-likeness (QED) is 0.810. The first kappa shape index (κ1) is 19.3. The molecule has 1 saturated carbocycles. The van der Waals surface area contributed by atoms with Gasteiger partial charge in [-0.25, -0.2) is 9.97 Å². The van der Waals surface area contributed by atoms with Crippen LogP contribution in [-0.4, -0.2) is 35.1 Å². The number of nitrogens with two attached hydrogens (primary N) is 1. The van der Waals surface area contributed by atoms with Gasteiger partial charge in [0.05, 0.1) is 5.39 Å². The van der Waals surface area contributed by atoms with Gasteiger partial charge in [-0.15, -0.1) is 23.7 Å². The number of nitrogens with one attached hydrogen (secondary N) is 1. The highest BCUT2D eigenvalue weighted by Crippen LogP contribution is 2.47. The molecule has 26 heavy (non-hydrogen) atoms. The molecule has 1 amide bonds. The van der Waals surface area contributed by atoms with Gasteiger partial charge in [0.15, 0.2) is 0 Å². The summed E-state index contributed by atoms with van der Waals surface area (Å²) < 4.78 is 6.31. The Hall–Kier alpha value is -1.44. The van der Waals surface area contributed by atoms with E-state index in [2.05, 4.69) is 15.3 Å². The minimum atomic E-state index is -0.248. The zero-order chi connectivity index (χ0) is 17.4. The van der Waals surface area contributed by atoms with Crippen LogP contribution in [0.25, 0.3) is 10.2 Å². The first-order chi connectivity index (χ1) is 12.2. The fourth-order valence-corrected chi connectivity index (χ4v) is 5.44. The van der Waals surface area contributed by atoms with Gasteiger partial charge >= 0.3 is 0 Å². The Kier molecular flexibility index (Phi) is 5.99. The van der Waals surface area contributed by atoms with Crippen molar-refractivity contribution >= 4 is 39.9 Å². The van der Waals surface area contributed by atoms with Crippen molar-refractivity contribution in [3.8, 4) is 5.88 Å². The molecule has 2 aliphatic rings. The van der Waals surface area contributed by atoms with Crippen LogP contribution in [-0.2, 0) is 11.2 Å². The second kappa shape index (κ2) is 8.06. The highest BCUT2D eigenvalue weighted by molar-refractivity contribution is 7.19. The Labute approximate surface area is 163 Å². The largest absolute Gasteiger partial charge is 0.474 e. The van der Waals surface area contributed by atoms with Gasteiger partial charge in [-0.1, -0.05) is 0 Å². The van der Waals surface area contributed by atoms with Gasteiger partial charge in [0.25, 0.3) is 0 Å². The second-order valence-electron chi connectivity index (χ2n) is 7.08. The number of hydrogen-bond donors (Lipinski definition) is 2. The molecule has 2 aromatic heterocycles. The lowest BCUT2D eigenvalue weighted by molar-refractivity contribution is -0.118. The van der Waals surface area contributed by atoms with Gasteiger partial charge in [0, 0.05) is 17.3 Å². The molecular weight excluding hydrogens is 372 g/mol. The van der Waals surface area contributed by atoms with E-state index in [1.165, 1.54) is 10.4 Å². The maximum absolute atomic E-state index is 11.4. The van der Waals surface area contributed by atoms with Crippen LogP contribution in [0, 0.1) is 0 Å². The summed E-state index contributed by atoms with van der Waals surface area (Å²) in [7, 11) is 2.02. The number of amides is 1. The first-order valence-corrected chi connectivity index (χ1v) is 9.85. The molecule has 0 bridgehead atoms. The van der Waals surface area contributed by atoms with E-state index in [-0.39, 0.29) is 30.3 Å². The van der Waals surface area contributed by atoms with Crippen molar-refractivity contribution < 1.29 is 9.53 Å². The molecule has 2 aliphatic carbocycles. The van der Waals surface area contributed by atoms with Crippen LogP contribution in [0.3, 0.4) is 0 Å². The van der Waals surface area contributed by atoms with Crippen molar-refractivity contribution in [1.82, 2.24) is 15.3 Å². The van der Waals surface area contributed by atoms with Crippen molar-refractivity contribution in [3.05, 3.63) is 16.8 Å². The summed E-state index contributed by atoms with van der Waals surface area (Å²) in [4.78, 5) is 22.6. The van der Waals surface area contributed by atoms with Crippen molar-refractivity contribution in [2.45, 2.75) is 63.0 Å². The molecule has 0 radical (unpaired) electrons. The summed E-state index contributed by atoms with van der Waals surface area (Å²) >= 11 is 1.70. The fraction of sp³-hybridized carbons (Fsp3) is 0.611. The Balaban J connectivity index is 0.00000196. The number of aromatic nitrogens is 2. The minimum absolute atomic E-state index is 0. The lowest BCUT2D eigenvalue weighted by atomic mass is 9.93. The van der Waals surface area contributed by atoms with Gasteiger partial charge in [0.2, 0.25) is 11.8 Å². The second-order valence-corrected chi connectivity index (χ2v) is 8.17. The van der Waals surface area contributed by atoms with Crippen LogP contribution in [0.5, 0.6) is 5.88 Å². The summed E-state index contributed by atoms with van der Waals surface area (Å²) in [6, 6.07) is 0.593. The van der Waals surface area contributed by atoms with E-state index in [9.17, 15) is 4.79 Å². The van der Waals surface area contributed by atoms with Crippen molar-refractivity contribution in [1.29, 1.82) is 0 Å². The van der Waals surface area contributed by atoms with E-state index < -0.39 is 0 Å². The number of thiophene rings is 1. The zero-order valence-corrected chi connectivity index (χ0v) is 16.5. The van der Waals surface area contributed by atoms with Gasteiger partial charge < -0.3 is 15.8 Å². The number of aryl methyl sites for hydroxylation is 1. The lowest BCUT2D eigenvalue weighted by Gasteiger charge is -2.28. The SMILES string of the molecule is CNC1CCC(Oc2ncnc3sc4c(c23)[C@@H](CC(N)=O)CC4)CC1.Cl. The third-order valence-electron chi connectivity index (χ3n) is 5.50. The van der Waals surface area contributed by atoms with E-state index in [1.54, 1.807) is 17.7 Å². The van der Waals surface area contributed by atoms with Crippen molar-refractivity contribution in [2.24, 2.45) is 5.73 Å². The monoisotopic (exact) mass is 396 g/mol. The van der Waals surface area contributed by atoms with E-state index in [4.69, 9.17) is 10.5 Å². The zero-order valence-electron chi connectivity index (χ0n) is 14.9. The normalized spacial score (nSPS) is 24.9. The summed E-state index contributed by atoms with van der Waals surface area (Å²) in [5.41, 5.74) is 6.66. The molecule has 2 aromatic rings. The van der Waals surface area contributed by atoms with E-state index in [1.807, 2.05) is 7.05 Å². The highest BCUT2D eigenvalue weighted by atomic mass is 35.5. The average molecular weight is 397 g/mol. The molecule has 1 atom stereocenters. The maximum Gasteiger partial charge on any atom is 0.225 e. The molecule has 2 heterocycles. The maximum atomic E-state index is 11.4. The number of fused-ring (bicyclic) bond motifs is 3. The Morgan fingerprint density at radius 3 is 2.77 bits per heavy atom. The van der Waals surface area contributed by atoms with Crippen LogP contribution in [0.15, 0.2) is 6.33 Å². The van der Waals surface area contributed by atoms with Gasteiger partial charge in [0.1, 0.15) is 17.3 Å². The molecule has 3 N–H and O–H groups in total. The number of hydrogen-bond acceptors (Lipinski definition) is 6. The summed E-state index contributed by atoms with van der Waals surface area (Å²) in [6.07, 6.45) is 8.47. The number of primary amides is 1. The fourth-order valence-electron chi connectivity index (χ4n) is 4.20. The first-order valence-electron chi connectivity index (χ1n) is 9.04. The third-order valence-corrected chi connectivity index (χ3v) is 6.68. The molecule has 0 aromatic carbocycles. The number of carbonyl (C=O) groups is 1. The molecule has 142 valence electrons. The summed E-state index contributed by atoms with van der Waals surface area (Å²) in [6.45, 7) is 0. The third kappa shape index (κ3) is 3.66. The van der Waals surface area contributed by atoms with E-state index >= 15 is 0 Å². The molecule has 8 heteroatoms. The molecule has 0 aliphatic heterocycles. The van der Waals surface area contributed by atoms with Crippen LogP contribution in [0.1, 0.15) is 54.9 Å². The number of carbonyl (C=O) groups excluding carboxylic acids is 1. The van der Waals surface area contributed by atoms with Crippen LogP contribution in [0.4, 0.5) is 0 Å². The minimum Gasteiger partial charge on any atom is -0.474 e. The van der Waals surface area contributed by atoms with E-state index in [0.29, 0.717) is 18.3 Å². The molecule has 6 nitrogen and oxygen atoms in total. The number of ether oxygens (including phenoxy) is 1. The molecule has 0 spiro atoms. The average Bonchev–Trinajstić information content (AvgIpc) is 3.15. The predicted molar refractivity (Wildman–Crippen MR) is 105 cm³/mol. The van der Waals surface area contributed by atoms with Gasteiger partial charge in [-0.2, -0.15) is 0 Å². The van der Waals surface area contributed by atoms with Gasteiger partial charge in [-0.3, -0.25) is 4.79 Å². The predicted octanol–water partition coefficient (Wildman–Crippen LogP) is 2.93. The topological polar surface area (TPSA) is 90.1 Å². The molecular formula is C18H25ClN4O2S. The summed E-state index contributed by atoms with van der Waals surface area (Å²) in [5.74, 6) is 0.614. The van der Waals surface area contributed by atoms with Gasteiger partial charge in [-0.05, 0) is 57.1 Å². The lowest BCUT2D eigenvalue weighted by Crippen LogP contribution is -2.34. The van der Waals surface area contributed by atoms with E-state index in [0.717, 1.165) is 48.7 Å². The number of rotatable bonds is 5. The van der Waals surface area contributed by atoms with Crippen LogP contribution >= 0.6 is 23.7 Å². The Bertz CT molecular complexity index is 789. The molecule has 0 unspecified atom stereocenters. The Morgan fingerprint density at radius 1 is 1.31 bits per heavy atom. The summed E-state index contributed by atoms with van der Waals surface area (Å²) in [5, 5.41) is 4.36. The standard InChI is InChI=1S/C18H24N4O2S.ClH/c1-20-11-3-5-12(6-4-11)24-17-16-15-10(8-14(19)23)2-7-13(15)25-18(16)22-9-21-17;/h9-12,20H,2-8H2,1H3,(H2,19,23);1H/t10-,11?,12?;/m1./s1.